The fraction of sp³-hybridized carbons (Fsp3) is 0.125. The van der Waals surface area contributed by atoms with Gasteiger partial charge in [0.1, 0.15) is 18.2 Å². The van der Waals surface area contributed by atoms with Crippen molar-refractivity contribution in [3.8, 4) is 11.3 Å². The molecular weight excluding hydrogens is 394 g/mol. The Morgan fingerprint density at radius 1 is 1.00 bits per heavy atom. The number of amides is 1. The van der Waals surface area contributed by atoms with E-state index in [1.165, 1.54) is 0 Å². The Balaban J connectivity index is 1.52. The molecule has 31 heavy (non-hydrogen) atoms. The quantitative estimate of drug-likeness (QED) is 0.447. The summed E-state index contributed by atoms with van der Waals surface area (Å²) in [6, 6.07) is 21.3. The van der Waals surface area contributed by atoms with E-state index >= 15 is 0 Å². The van der Waals surface area contributed by atoms with Gasteiger partial charge >= 0.3 is 5.97 Å². The molecule has 4 rings (SSSR count). The molecule has 0 atom stereocenters. The molecule has 156 valence electrons. The SMILES string of the molecule is Cc1occc1-c1cc(NC(=O)c2ccccc2)n(CCOC(=O)c2ccccc2)n1. The van der Waals surface area contributed by atoms with Crippen LogP contribution in [0.5, 0.6) is 0 Å². The molecule has 7 heteroatoms. The molecule has 0 saturated heterocycles. The van der Waals surface area contributed by atoms with Gasteiger partial charge in [0.2, 0.25) is 0 Å². The minimum Gasteiger partial charge on any atom is -0.469 e. The van der Waals surface area contributed by atoms with Crippen LogP contribution in [0, 0.1) is 6.92 Å². The van der Waals surface area contributed by atoms with E-state index in [0.29, 0.717) is 22.6 Å². The normalized spacial score (nSPS) is 10.6. The fourth-order valence-corrected chi connectivity index (χ4v) is 3.13. The van der Waals surface area contributed by atoms with Crippen molar-refractivity contribution in [2.45, 2.75) is 13.5 Å². The standard InChI is InChI=1S/C24H21N3O4/c1-17-20(12-14-30-17)21-16-22(25-23(28)18-8-4-2-5-9-18)27(26-21)13-15-31-24(29)19-10-6-3-7-11-19/h2-12,14,16H,13,15H2,1H3,(H,25,28). The molecule has 7 nitrogen and oxygen atoms in total. The number of hydrogen-bond acceptors (Lipinski definition) is 5. The summed E-state index contributed by atoms with van der Waals surface area (Å²) in [6.45, 7) is 2.23. The van der Waals surface area contributed by atoms with Gasteiger partial charge in [0.25, 0.3) is 5.91 Å². The van der Waals surface area contributed by atoms with Gasteiger partial charge in [-0.05, 0) is 37.3 Å². The summed E-state index contributed by atoms with van der Waals surface area (Å²) in [5.74, 6) is 0.563. The van der Waals surface area contributed by atoms with E-state index in [9.17, 15) is 9.59 Å². The zero-order chi connectivity index (χ0) is 21.6. The molecule has 1 amide bonds. The van der Waals surface area contributed by atoms with Crippen LogP contribution < -0.4 is 5.32 Å². The first kappa shape index (κ1) is 20.2. The highest BCUT2D eigenvalue weighted by Crippen LogP contribution is 2.26. The molecule has 2 heterocycles. The Morgan fingerprint density at radius 3 is 2.32 bits per heavy atom. The highest BCUT2D eigenvalue weighted by atomic mass is 16.5. The van der Waals surface area contributed by atoms with Crippen LogP contribution in [-0.2, 0) is 11.3 Å². The van der Waals surface area contributed by atoms with Gasteiger partial charge in [-0.1, -0.05) is 36.4 Å². The molecule has 0 aliphatic rings. The van der Waals surface area contributed by atoms with Crippen molar-refractivity contribution in [2.24, 2.45) is 0 Å². The molecule has 0 radical (unpaired) electrons. The van der Waals surface area contributed by atoms with Crippen LogP contribution in [0.1, 0.15) is 26.5 Å². The van der Waals surface area contributed by atoms with Gasteiger partial charge in [0.15, 0.2) is 0 Å². The van der Waals surface area contributed by atoms with Crippen molar-refractivity contribution >= 4 is 17.7 Å². The average molecular weight is 415 g/mol. The molecule has 0 spiro atoms. The lowest BCUT2D eigenvalue weighted by Crippen LogP contribution is -2.18. The molecule has 2 aromatic carbocycles. The predicted octanol–water partition coefficient (Wildman–Crippen LogP) is 4.56. The first-order valence-electron chi connectivity index (χ1n) is 9.83. The molecule has 0 saturated carbocycles. The number of carbonyl (C=O) groups is 2. The number of aromatic nitrogens is 2. The molecule has 1 N–H and O–H groups in total. The number of nitrogens with one attached hydrogen (secondary N) is 1. The lowest BCUT2D eigenvalue weighted by molar-refractivity contribution is 0.0488. The third-order valence-electron chi connectivity index (χ3n) is 4.74. The van der Waals surface area contributed by atoms with Crippen LogP contribution in [0.4, 0.5) is 5.82 Å². The van der Waals surface area contributed by atoms with E-state index in [1.807, 2.05) is 25.1 Å². The lowest BCUT2D eigenvalue weighted by Gasteiger charge is -2.09. The van der Waals surface area contributed by atoms with Crippen LogP contribution in [-0.4, -0.2) is 28.3 Å². The molecular formula is C24H21N3O4. The van der Waals surface area contributed by atoms with Crippen molar-refractivity contribution in [1.82, 2.24) is 9.78 Å². The number of aryl methyl sites for hydroxylation is 1. The number of rotatable bonds is 7. The molecule has 4 aromatic rings. The Morgan fingerprint density at radius 2 is 1.68 bits per heavy atom. The topological polar surface area (TPSA) is 86.4 Å². The second-order valence-electron chi connectivity index (χ2n) is 6.85. The first-order valence-corrected chi connectivity index (χ1v) is 9.83. The van der Waals surface area contributed by atoms with Crippen molar-refractivity contribution in [1.29, 1.82) is 0 Å². The maximum absolute atomic E-state index is 12.6. The number of benzene rings is 2. The fourth-order valence-electron chi connectivity index (χ4n) is 3.13. The van der Waals surface area contributed by atoms with E-state index in [1.54, 1.807) is 65.5 Å². The molecule has 0 unspecified atom stereocenters. The predicted molar refractivity (Wildman–Crippen MR) is 116 cm³/mol. The van der Waals surface area contributed by atoms with Gasteiger partial charge in [-0.3, -0.25) is 4.79 Å². The summed E-state index contributed by atoms with van der Waals surface area (Å²) >= 11 is 0. The monoisotopic (exact) mass is 415 g/mol. The van der Waals surface area contributed by atoms with Crippen LogP contribution in [0.25, 0.3) is 11.3 Å². The van der Waals surface area contributed by atoms with Crippen LogP contribution in [0.3, 0.4) is 0 Å². The Kier molecular flexibility index (Phi) is 5.93. The summed E-state index contributed by atoms with van der Waals surface area (Å²) in [6.07, 6.45) is 1.59. The Labute approximate surface area is 179 Å². The van der Waals surface area contributed by atoms with Crippen LogP contribution in [0.15, 0.2) is 83.5 Å². The maximum Gasteiger partial charge on any atom is 0.338 e. The number of nitrogens with zero attached hydrogens (tertiary/aromatic N) is 2. The third kappa shape index (κ3) is 4.72. The number of hydrogen-bond donors (Lipinski definition) is 1. The second-order valence-corrected chi connectivity index (χ2v) is 6.85. The van der Waals surface area contributed by atoms with E-state index in [2.05, 4.69) is 10.4 Å². The Bertz CT molecular complexity index is 1180. The molecule has 0 fully saturated rings. The number of anilines is 1. The van der Waals surface area contributed by atoms with Gasteiger partial charge < -0.3 is 14.5 Å². The highest BCUT2D eigenvalue weighted by Gasteiger charge is 2.16. The van der Waals surface area contributed by atoms with E-state index < -0.39 is 5.97 Å². The van der Waals surface area contributed by atoms with Gasteiger partial charge in [0.05, 0.1) is 24.1 Å². The number of ether oxygens (including phenoxy) is 1. The molecule has 2 aromatic heterocycles. The smallest absolute Gasteiger partial charge is 0.338 e. The van der Waals surface area contributed by atoms with E-state index in [-0.39, 0.29) is 19.1 Å². The number of esters is 1. The summed E-state index contributed by atoms with van der Waals surface area (Å²) in [5.41, 5.74) is 2.50. The molecule has 0 aliphatic carbocycles. The highest BCUT2D eigenvalue weighted by molar-refractivity contribution is 6.04. The van der Waals surface area contributed by atoms with E-state index in [4.69, 9.17) is 9.15 Å². The largest absolute Gasteiger partial charge is 0.469 e. The summed E-state index contributed by atoms with van der Waals surface area (Å²) < 4.78 is 12.4. The summed E-state index contributed by atoms with van der Waals surface area (Å²) in [7, 11) is 0. The van der Waals surface area contributed by atoms with Crippen LogP contribution in [0.2, 0.25) is 0 Å². The minimum absolute atomic E-state index is 0.105. The average Bonchev–Trinajstić information content (AvgIpc) is 3.40. The number of carbonyl (C=O) groups excluding carboxylic acids is 2. The lowest BCUT2D eigenvalue weighted by atomic mass is 10.2. The van der Waals surface area contributed by atoms with Gasteiger partial charge in [-0.15, -0.1) is 0 Å². The first-order chi connectivity index (χ1) is 15.1. The van der Waals surface area contributed by atoms with Gasteiger partial charge in [0, 0.05) is 17.2 Å². The number of furan rings is 1. The van der Waals surface area contributed by atoms with Crippen LogP contribution >= 0.6 is 0 Å². The third-order valence-corrected chi connectivity index (χ3v) is 4.74. The molecule has 0 bridgehead atoms. The van der Waals surface area contributed by atoms with Crippen molar-refractivity contribution < 1.29 is 18.7 Å². The summed E-state index contributed by atoms with van der Waals surface area (Å²) in [4.78, 5) is 24.8. The zero-order valence-corrected chi connectivity index (χ0v) is 16.9. The van der Waals surface area contributed by atoms with Gasteiger partial charge in [-0.2, -0.15) is 5.10 Å². The van der Waals surface area contributed by atoms with Crippen molar-refractivity contribution in [2.75, 3.05) is 11.9 Å². The van der Waals surface area contributed by atoms with Crippen molar-refractivity contribution in [3.63, 3.8) is 0 Å². The van der Waals surface area contributed by atoms with Crippen molar-refractivity contribution in [3.05, 3.63) is 95.9 Å². The minimum atomic E-state index is -0.409. The Hall–Kier alpha value is -4.13. The summed E-state index contributed by atoms with van der Waals surface area (Å²) in [5, 5.41) is 7.47. The molecule has 0 aliphatic heterocycles. The van der Waals surface area contributed by atoms with E-state index in [0.717, 1.165) is 11.3 Å². The van der Waals surface area contributed by atoms with Gasteiger partial charge in [-0.25, -0.2) is 9.48 Å². The second kappa shape index (κ2) is 9.13. The maximum atomic E-state index is 12.6. The zero-order valence-electron chi connectivity index (χ0n) is 16.9.